The second-order valence-electron chi connectivity index (χ2n) is 3.80. The van der Waals surface area contributed by atoms with Gasteiger partial charge in [-0.25, -0.2) is 0 Å². The van der Waals surface area contributed by atoms with Crippen molar-refractivity contribution in [2.24, 2.45) is 0 Å². The number of carbonyl (C=O) groups is 1. The van der Waals surface area contributed by atoms with Crippen LogP contribution in [0, 0.1) is 0 Å². The zero-order valence-electron chi connectivity index (χ0n) is 13.6. The molecule has 0 aliphatic heterocycles. The van der Waals surface area contributed by atoms with Crippen molar-refractivity contribution in [2.75, 3.05) is 14.2 Å². The maximum absolute atomic E-state index is 12.3. The van der Waals surface area contributed by atoms with Gasteiger partial charge < -0.3 is 14.6 Å². The first-order valence-electron chi connectivity index (χ1n) is 6.87. The van der Waals surface area contributed by atoms with Crippen molar-refractivity contribution in [3.05, 3.63) is 41.5 Å². The molecule has 116 valence electrons. The van der Waals surface area contributed by atoms with Crippen molar-refractivity contribution in [3.63, 3.8) is 0 Å². The van der Waals surface area contributed by atoms with E-state index < -0.39 is 0 Å². The molecule has 0 amide bonds. The van der Waals surface area contributed by atoms with Crippen LogP contribution in [0.25, 0.3) is 0 Å². The molecule has 1 N–H and O–H groups in total. The Labute approximate surface area is 126 Å². The van der Waals surface area contributed by atoms with Crippen LogP contribution < -0.4 is 9.47 Å². The molecule has 0 saturated carbocycles. The number of ketones is 1. The number of Topliss-reactive ketones (excluding diaryl/α,β-unsaturated/α-hetero) is 1. The molecule has 0 unspecified atom stereocenters. The molecule has 4 heteroatoms. The molecule has 1 aromatic carbocycles. The molecule has 0 radical (unpaired) electrons. The zero-order chi connectivity index (χ0) is 16.4. The van der Waals surface area contributed by atoms with Crippen LogP contribution in [0.15, 0.2) is 35.9 Å². The van der Waals surface area contributed by atoms with Gasteiger partial charge in [-0.3, -0.25) is 4.79 Å². The van der Waals surface area contributed by atoms with E-state index in [1.165, 1.54) is 26.4 Å². The molecular formula is C17H24O4. The van der Waals surface area contributed by atoms with E-state index in [0.717, 1.165) is 0 Å². The smallest absolute Gasteiger partial charge is 0.196 e. The number of aromatic hydroxyl groups is 1. The van der Waals surface area contributed by atoms with E-state index in [4.69, 9.17) is 9.47 Å². The molecule has 21 heavy (non-hydrogen) atoms. The molecule has 0 aliphatic rings. The third-order valence-corrected chi connectivity index (χ3v) is 2.67. The van der Waals surface area contributed by atoms with E-state index in [-0.39, 0.29) is 17.1 Å². The number of allylic oxidation sites excluding steroid dienone is 4. The number of hydrogen-bond acceptors (Lipinski definition) is 4. The molecule has 0 aromatic heterocycles. The molecule has 0 saturated heterocycles. The van der Waals surface area contributed by atoms with E-state index in [0.29, 0.717) is 17.1 Å². The van der Waals surface area contributed by atoms with Crippen molar-refractivity contribution >= 4 is 5.78 Å². The van der Waals surface area contributed by atoms with Crippen molar-refractivity contribution < 1.29 is 19.4 Å². The molecule has 0 aliphatic carbocycles. The second-order valence-corrected chi connectivity index (χ2v) is 3.80. The Hall–Kier alpha value is -2.23. The lowest BCUT2D eigenvalue weighted by molar-refractivity contribution is 0.103. The molecule has 0 heterocycles. The number of carbonyl (C=O) groups excluding carboxylic acids is 1. The molecule has 0 spiro atoms. The summed E-state index contributed by atoms with van der Waals surface area (Å²) >= 11 is 0. The normalized spacial score (nSPS) is 10.9. The Balaban J connectivity index is 0.00000191. The summed E-state index contributed by atoms with van der Waals surface area (Å²) in [5, 5.41) is 9.92. The lowest BCUT2D eigenvalue weighted by Gasteiger charge is -2.11. The summed E-state index contributed by atoms with van der Waals surface area (Å²) in [6.07, 6.45) is 5.15. The predicted octanol–water partition coefficient (Wildman–Crippen LogP) is 4.14. The molecule has 0 fully saturated rings. The molecule has 0 atom stereocenters. The number of phenolic OH excluding ortho intramolecular Hbond substituents is 1. The number of methoxy groups -OCH3 is 2. The SMILES string of the molecule is C/C=C\C(=C/C)C(=O)c1cc(OC)c(OC)cc1O.CC. The minimum Gasteiger partial charge on any atom is -0.507 e. The van der Waals surface area contributed by atoms with Gasteiger partial charge in [0.1, 0.15) is 5.75 Å². The Bertz CT molecular complexity index is 528. The minimum absolute atomic E-state index is 0.133. The van der Waals surface area contributed by atoms with Gasteiger partial charge in [0.25, 0.3) is 0 Å². The largest absolute Gasteiger partial charge is 0.507 e. The van der Waals surface area contributed by atoms with Crippen LogP contribution in [0.5, 0.6) is 17.2 Å². The van der Waals surface area contributed by atoms with Gasteiger partial charge in [-0.15, -0.1) is 0 Å². The van der Waals surface area contributed by atoms with Crippen LogP contribution in [-0.4, -0.2) is 25.1 Å². The lowest BCUT2D eigenvalue weighted by atomic mass is 10.0. The summed E-state index contributed by atoms with van der Waals surface area (Å²) in [6, 6.07) is 2.85. The first-order valence-corrected chi connectivity index (χ1v) is 6.87. The quantitative estimate of drug-likeness (QED) is 0.503. The van der Waals surface area contributed by atoms with Gasteiger partial charge >= 0.3 is 0 Å². The highest BCUT2D eigenvalue weighted by atomic mass is 16.5. The topological polar surface area (TPSA) is 55.8 Å². The molecular weight excluding hydrogens is 268 g/mol. The van der Waals surface area contributed by atoms with Crippen LogP contribution in [0.1, 0.15) is 38.1 Å². The number of rotatable bonds is 5. The van der Waals surface area contributed by atoms with Crippen molar-refractivity contribution in [3.8, 4) is 17.2 Å². The van der Waals surface area contributed by atoms with E-state index in [9.17, 15) is 9.90 Å². The number of phenols is 1. The minimum atomic E-state index is -0.265. The van der Waals surface area contributed by atoms with Gasteiger partial charge in [-0.1, -0.05) is 32.1 Å². The second kappa shape index (κ2) is 9.64. The van der Waals surface area contributed by atoms with E-state index in [1.54, 1.807) is 25.2 Å². The van der Waals surface area contributed by atoms with Crippen LogP contribution >= 0.6 is 0 Å². The first kappa shape index (κ1) is 18.8. The fourth-order valence-electron chi connectivity index (χ4n) is 1.69. The fraction of sp³-hybridized carbons (Fsp3) is 0.353. The Kier molecular flexibility index (Phi) is 8.62. The average molecular weight is 292 g/mol. The van der Waals surface area contributed by atoms with Crippen LogP contribution in [0.2, 0.25) is 0 Å². The maximum atomic E-state index is 12.3. The summed E-state index contributed by atoms with van der Waals surface area (Å²) < 4.78 is 10.2. The molecule has 1 rings (SSSR count). The van der Waals surface area contributed by atoms with Gasteiger partial charge in [0, 0.05) is 11.6 Å². The molecule has 1 aromatic rings. The summed E-state index contributed by atoms with van der Waals surface area (Å²) in [5.74, 6) is 0.384. The molecule has 0 bridgehead atoms. The highest BCUT2D eigenvalue weighted by Crippen LogP contribution is 2.35. The van der Waals surface area contributed by atoms with Crippen molar-refractivity contribution in [1.82, 2.24) is 0 Å². The van der Waals surface area contributed by atoms with Gasteiger partial charge in [0.05, 0.1) is 19.8 Å². The number of ether oxygens (including phenoxy) is 2. The third-order valence-electron chi connectivity index (χ3n) is 2.67. The van der Waals surface area contributed by atoms with Crippen LogP contribution in [-0.2, 0) is 0 Å². The van der Waals surface area contributed by atoms with Crippen LogP contribution in [0.3, 0.4) is 0 Å². The number of hydrogen-bond donors (Lipinski definition) is 1. The molecule has 4 nitrogen and oxygen atoms in total. The number of benzene rings is 1. The summed E-state index contributed by atoms with van der Waals surface area (Å²) in [6.45, 7) is 7.59. The third kappa shape index (κ3) is 4.67. The average Bonchev–Trinajstić information content (AvgIpc) is 2.53. The van der Waals surface area contributed by atoms with Gasteiger partial charge in [0.2, 0.25) is 0 Å². The van der Waals surface area contributed by atoms with Gasteiger partial charge in [-0.2, -0.15) is 0 Å². The Morgan fingerprint density at radius 2 is 1.62 bits per heavy atom. The highest BCUT2D eigenvalue weighted by molar-refractivity contribution is 6.12. The lowest BCUT2D eigenvalue weighted by Crippen LogP contribution is -2.03. The standard InChI is InChI=1S/C15H18O4.C2H6/c1-5-7-10(6-2)15(17)11-8-13(18-3)14(19-4)9-12(11)16;1-2/h5-9,16H,1-4H3;1-2H3/b7-5-,10-6+;. The highest BCUT2D eigenvalue weighted by Gasteiger charge is 2.18. The van der Waals surface area contributed by atoms with Gasteiger partial charge in [0.15, 0.2) is 17.3 Å². The first-order chi connectivity index (χ1) is 10.1. The van der Waals surface area contributed by atoms with E-state index in [1.807, 2.05) is 20.8 Å². The van der Waals surface area contributed by atoms with Crippen molar-refractivity contribution in [1.29, 1.82) is 0 Å². The monoisotopic (exact) mass is 292 g/mol. The van der Waals surface area contributed by atoms with Gasteiger partial charge in [-0.05, 0) is 19.9 Å². The summed E-state index contributed by atoms with van der Waals surface area (Å²) in [7, 11) is 2.95. The van der Waals surface area contributed by atoms with Crippen molar-refractivity contribution in [2.45, 2.75) is 27.7 Å². The van der Waals surface area contributed by atoms with E-state index >= 15 is 0 Å². The Morgan fingerprint density at radius 1 is 1.10 bits per heavy atom. The Morgan fingerprint density at radius 3 is 2.05 bits per heavy atom. The van der Waals surface area contributed by atoms with E-state index in [2.05, 4.69) is 0 Å². The zero-order valence-corrected chi connectivity index (χ0v) is 13.6. The summed E-state index contributed by atoms with van der Waals surface area (Å²) in [5.41, 5.74) is 0.689. The summed E-state index contributed by atoms with van der Waals surface area (Å²) in [4.78, 5) is 12.3. The fourth-order valence-corrected chi connectivity index (χ4v) is 1.69. The maximum Gasteiger partial charge on any atom is 0.196 e. The predicted molar refractivity (Wildman–Crippen MR) is 85.5 cm³/mol. The van der Waals surface area contributed by atoms with Crippen LogP contribution in [0.4, 0.5) is 0 Å².